The first-order chi connectivity index (χ1) is 15.9. The number of hydrogen-bond donors (Lipinski definition) is 3. The summed E-state index contributed by atoms with van der Waals surface area (Å²) >= 11 is 5.89. The molecule has 1 aliphatic rings. The summed E-state index contributed by atoms with van der Waals surface area (Å²) in [6.07, 6.45) is 6.49. The fourth-order valence-corrected chi connectivity index (χ4v) is 3.82. The molecule has 3 aromatic rings. The summed E-state index contributed by atoms with van der Waals surface area (Å²) in [7, 11) is 0. The van der Waals surface area contributed by atoms with Crippen molar-refractivity contribution in [3.8, 4) is 5.82 Å². The molecule has 2 aromatic heterocycles. The van der Waals surface area contributed by atoms with Gasteiger partial charge in [0.05, 0.1) is 12.6 Å². The van der Waals surface area contributed by atoms with E-state index in [2.05, 4.69) is 25.6 Å². The molecule has 0 aliphatic carbocycles. The van der Waals surface area contributed by atoms with E-state index in [0.29, 0.717) is 30.5 Å². The first-order valence-electron chi connectivity index (χ1n) is 10.5. The van der Waals surface area contributed by atoms with Crippen molar-refractivity contribution in [1.29, 1.82) is 0 Å². The van der Waals surface area contributed by atoms with Gasteiger partial charge in [-0.25, -0.2) is 14.4 Å². The molecule has 1 fully saturated rings. The number of ether oxygens (including phenoxy) is 1. The minimum Gasteiger partial charge on any atom is -0.394 e. The van der Waals surface area contributed by atoms with Crippen molar-refractivity contribution >= 4 is 37.0 Å². The van der Waals surface area contributed by atoms with Crippen molar-refractivity contribution < 1.29 is 19.0 Å². The van der Waals surface area contributed by atoms with Crippen LogP contribution in [0.5, 0.6) is 0 Å². The number of aryl methyl sites for hydroxylation is 1. The van der Waals surface area contributed by atoms with Gasteiger partial charge >= 0.3 is 0 Å². The number of rotatable bonds is 7. The molecule has 0 unspecified atom stereocenters. The van der Waals surface area contributed by atoms with Gasteiger partial charge in [-0.2, -0.15) is 18.5 Å². The lowest BCUT2D eigenvalue weighted by atomic mass is 10.1. The summed E-state index contributed by atoms with van der Waals surface area (Å²) in [4.78, 5) is 25.8. The number of halogens is 2. The smallest absolute Gasteiger partial charge is 0.272 e. The van der Waals surface area contributed by atoms with Crippen molar-refractivity contribution in [3.63, 3.8) is 0 Å². The number of carbonyl (C=O) groups excluding carboxylic acids is 1. The molecule has 12 heteroatoms. The van der Waals surface area contributed by atoms with Crippen LogP contribution < -0.4 is 10.6 Å². The second-order valence-electron chi connectivity index (χ2n) is 7.81. The van der Waals surface area contributed by atoms with Gasteiger partial charge in [0, 0.05) is 42.2 Å². The molecule has 0 radical (unpaired) electrons. The summed E-state index contributed by atoms with van der Waals surface area (Å²) in [5.74, 6) is -0.00779. The highest BCUT2D eigenvalue weighted by atomic mass is 35.5. The number of nitrogens with one attached hydrogen (secondary N) is 2. The van der Waals surface area contributed by atoms with Gasteiger partial charge in [0.2, 0.25) is 5.95 Å². The first-order valence-corrected chi connectivity index (χ1v) is 10.9. The molecule has 1 aliphatic heterocycles. The maximum atomic E-state index is 13.7. The van der Waals surface area contributed by atoms with Crippen LogP contribution in [0.3, 0.4) is 0 Å². The fourth-order valence-electron chi connectivity index (χ4n) is 3.59. The van der Waals surface area contributed by atoms with Gasteiger partial charge < -0.3 is 20.5 Å². The maximum absolute atomic E-state index is 13.7. The van der Waals surface area contributed by atoms with Crippen molar-refractivity contribution in [2.75, 3.05) is 25.1 Å². The standard InChI is InChI=1S/C22H24ClFN6O3.H2S/c1-13-9-25-22(27-17-2-4-33-5-3-17)29-20(13)30-10-18(26-12-30)21(32)28-19(11-31)14-6-15(23)8-16(24)7-14;/h6-10,12,17,19,31H,2-5,11H2,1H3,(H,28,32)(H,25,27,29);1H2/t19-;/m1./s1. The molecular formula is C22H26ClFN6O3S. The van der Waals surface area contributed by atoms with Gasteiger partial charge in [0.15, 0.2) is 0 Å². The minimum atomic E-state index is -0.841. The molecule has 1 atom stereocenters. The van der Waals surface area contributed by atoms with Crippen LogP contribution >= 0.6 is 25.1 Å². The van der Waals surface area contributed by atoms with Gasteiger partial charge in [-0.1, -0.05) is 11.6 Å². The van der Waals surface area contributed by atoms with Crippen molar-refractivity contribution in [1.82, 2.24) is 24.8 Å². The zero-order valence-corrected chi connectivity index (χ0v) is 20.2. The monoisotopic (exact) mass is 508 g/mol. The van der Waals surface area contributed by atoms with Crippen LogP contribution in [0.2, 0.25) is 5.02 Å². The molecule has 3 N–H and O–H groups in total. The minimum absolute atomic E-state index is 0. The lowest BCUT2D eigenvalue weighted by molar-refractivity contribution is 0.0902. The van der Waals surface area contributed by atoms with E-state index >= 15 is 0 Å². The normalized spacial score (nSPS) is 14.8. The predicted octanol–water partition coefficient (Wildman–Crippen LogP) is 2.93. The maximum Gasteiger partial charge on any atom is 0.272 e. The number of aromatic nitrogens is 4. The molecule has 0 spiro atoms. The molecule has 0 saturated carbocycles. The quantitative estimate of drug-likeness (QED) is 0.449. The predicted molar refractivity (Wildman–Crippen MR) is 130 cm³/mol. The van der Waals surface area contributed by atoms with Crippen LogP contribution in [0.15, 0.2) is 36.9 Å². The third-order valence-electron chi connectivity index (χ3n) is 5.33. The number of aliphatic hydroxyl groups excluding tert-OH is 1. The van der Waals surface area contributed by atoms with E-state index in [0.717, 1.165) is 24.5 Å². The van der Waals surface area contributed by atoms with Crippen molar-refractivity contribution in [2.45, 2.75) is 31.8 Å². The van der Waals surface area contributed by atoms with Gasteiger partial charge in [-0.05, 0) is 43.5 Å². The third kappa shape index (κ3) is 6.23. The van der Waals surface area contributed by atoms with E-state index in [-0.39, 0.29) is 30.3 Å². The number of aliphatic hydroxyl groups is 1. The zero-order chi connectivity index (χ0) is 23.4. The topological polar surface area (TPSA) is 114 Å². The van der Waals surface area contributed by atoms with Gasteiger partial charge in [0.1, 0.15) is 23.7 Å². The van der Waals surface area contributed by atoms with E-state index in [1.54, 1.807) is 10.8 Å². The van der Waals surface area contributed by atoms with Crippen molar-refractivity contribution in [3.05, 3.63) is 64.6 Å². The second kappa shape index (κ2) is 11.6. The lowest BCUT2D eigenvalue weighted by Gasteiger charge is -2.23. The highest BCUT2D eigenvalue weighted by molar-refractivity contribution is 7.59. The molecule has 0 bridgehead atoms. The molecule has 9 nitrogen and oxygen atoms in total. The van der Waals surface area contributed by atoms with Crippen molar-refractivity contribution in [2.24, 2.45) is 0 Å². The Hall–Kier alpha value is -2.73. The summed E-state index contributed by atoms with van der Waals surface area (Å²) in [5.41, 5.74) is 1.28. The Morgan fingerprint density at radius 3 is 2.79 bits per heavy atom. The Bertz CT molecular complexity index is 1120. The number of carbonyl (C=O) groups is 1. The fraction of sp³-hybridized carbons (Fsp3) is 0.364. The van der Waals surface area contributed by atoms with Crippen LogP contribution in [-0.2, 0) is 4.74 Å². The van der Waals surface area contributed by atoms with Crippen LogP contribution in [0, 0.1) is 12.7 Å². The Morgan fingerprint density at radius 1 is 1.32 bits per heavy atom. The first kappa shape index (κ1) is 25.9. The number of benzene rings is 1. The summed E-state index contributed by atoms with van der Waals surface area (Å²) in [6, 6.07) is 3.25. The summed E-state index contributed by atoms with van der Waals surface area (Å²) in [5, 5.41) is 15.9. The van der Waals surface area contributed by atoms with Gasteiger partial charge in [-0.15, -0.1) is 0 Å². The van der Waals surface area contributed by atoms with E-state index < -0.39 is 24.4 Å². The van der Waals surface area contributed by atoms with Crippen LogP contribution in [0.1, 0.15) is 40.5 Å². The summed E-state index contributed by atoms with van der Waals surface area (Å²) in [6.45, 7) is 2.83. The van der Waals surface area contributed by atoms with Crippen LogP contribution in [0.25, 0.3) is 5.82 Å². The molecule has 1 aromatic carbocycles. The van der Waals surface area contributed by atoms with Gasteiger partial charge in [0.25, 0.3) is 5.91 Å². The van der Waals surface area contributed by atoms with E-state index in [4.69, 9.17) is 16.3 Å². The summed E-state index contributed by atoms with van der Waals surface area (Å²) < 4.78 is 20.7. The number of amides is 1. The molecule has 182 valence electrons. The number of imidazole rings is 1. The molecular weight excluding hydrogens is 483 g/mol. The number of anilines is 1. The Kier molecular flexibility index (Phi) is 8.84. The molecule has 3 heterocycles. The molecule has 1 saturated heterocycles. The largest absolute Gasteiger partial charge is 0.394 e. The SMILES string of the molecule is Cc1cnc(NC2CCOCC2)nc1-n1cnc(C(=O)N[C@H](CO)c2cc(F)cc(Cl)c2)c1.S. The highest BCUT2D eigenvalue weighted by Crippen LogP contribution is 2.21. The number of nitrogens with zero attached hydrogens (tertiary/aromatic N) is 4. The Morgan fingerprint density at radius 2 is 2.09 bits per heavy atom. The molecule has 1 amide bonds. The molecule has 4 rings (SSSR count). The van der Waals surface area contributed by atoms with E-state index in [9.17, 15) is 14.3 Å². The Balaban J connectivity index is 0.00000324. The second-order valence-corrected chi connectivity index (χ2v) is 8.25. The van der Waals surface area contributed by atoms with Gasteiger partial charge in [-0.3, -0.25) is 9.36 Å². The van der Waals surface area contributed by atoms with E-state index in [1.807, 2.05) is 6.92 Å². The average Bonchev–Trinajstić information content (AvgIpc) is 3.29. The van der Waals surface area contributed by atoms with E-state index in [1.165, 1.54) is 24.7 Å². The number of hydrogen-bond acceptors (Lipinski definition) is 7. The van der Waals surface area contributed by atoms with Crippen LogP contribution in [0.4, 0.5) is 10.3 Å². The lowest BCUT2D eigenvalue weighted by Crippen LogP contribution is -2.31. The zero-order valence-electron chi connectivity index (χ0n) is 18.5. The van der Waals surface area contributed by atoms with Crippen LogP contribution in [-0.4, -0.2) is 56.4 Å². The average molecular weight is 509 g/mol. The highest BCUT2D eigenvalue weighted by Gasteiger charge is 2.20. The Labute approximate surface area is 208 Å². The third-order valence-corrected chi connectivity index (χ3v) is 5.55. The molecule has 34 heavy (non-hydrogen) atoms.